The number of hydrogen-bond acceptors (Lipinski definition) is 10. The third-order valence-corrected chi connectivity index (χ3v) is 9.14. The van der Waals surface area contributed by atoms with Crippen molar-refractivity contribution in [2.75, 3.05) is 0 Å². The van der Waals surface area contributed by atoms with Crippen LogP contribution >= 0.6 is 0 Å². The summed E-state index contributed by atoms with van der Waals surface area (Å²) >= 11 is 0. The molecule has 3 aliphatic heterocycles. The van der Waals surface area contributed by atoms with Gasteiger partial charge >= 0.3 is 5.97 Å². The Hall–Kier alpha value is -6.04. The highest BCUT2D eigenvalue weighted by Gasteiger charge is 2.22. The van der Waals surface area contributed by atoms with Crippen LogP contribution in [0.1, 0.15) is 68.7 Å². The topological polar surface area (TPSA) is 138 Å². The monoisotopic (exact) mass is 688 g/mol. The Morgan fingerprint density at radius 2 is 0.808 bits per heavy atom. The van der Waals surface area contributed by atoms with Gasteiger partial charge in [0.1, 0.15) is 0 Å². The molecule has 0 radical (unpaired) electrons. The molecule has 0 unspecified atom stereocenters. The Balaban J connectivity index is 1.39. The molecule has 3 aliphatic rings. The number of ketones is 1. The second-order valence-corrected chi connectivity index (χ2v) is 13.6. The Morgan fingerprint density at radius 3 is 1.17 bits per heavy atom. The van der Waals surface area contributed by atoms with Crippen molar-refractivity contribution in [3.8, 4) is 34.2 Å². The summed E-state index contributed by atoms with van der Waals surface area (Å²) < 4.78 is 0. The summed E-state index contributed by atoms with van der Waals surface area (Å²) in [5.41, 5.74) is 8.93. The lowest BCUT2D eigenvalue weighted by Crippen LogP contribution is -2.25. The summed E-state index contributed by atoms with van der Waals surface area (Å²) in [5, 5.41) is 10.2. The van der Waals surface area contributed by atoms with Crippen LogP contribution in [-0.2, 0) is 39.3 Å². The van der Waals surface area contributed by atoms with E-state index >= 15 is 0 Å². The van der Waals surface area contributed by atoms with E-state index in [0.717, 1.165) is 45.6 Å². The van der Waals surface area contributed by atoms with Crippen molar-refractivity contribution < 1.29 is 14.7 Å². The number of Topliss-reactive ketones (excluding diaryl/α,β-unsaturated/α-hetero) is 1. The molecule has 52 heavy (non-hydrogen) atoms. The minimum Gasteiger partial charge on any atom is -0.478 e. The van der Waals surface area contributed by atoms with Crippen molar-refractivity contribution in [3.63, 3.8) is 0 Å². The molecule has 0 aromatic carbocycles. The Labute approximate surface area is 301 Å². The first kappa shape index (κ1) is 33.1. The number of nitrogens with zero attached hydrogens (tertiary/aromatic N) is 8. The maximum Gasteiger partial charge on any atom is 0.335 e. The fourth-order valence-electron chi connectivity index (χ4n) is 6.75. The Morgan fingerprint density at radius 1 is 0.481 bits per heavy atom. The van der Waals surface area contributed by atoms with Crippen molar-refractivity contribution in [2.45, 2.75) is 53.1 Å². The van der Waals surface area contributed by atoms with Crippen molar-refractivity contribution >= 4 is 11.8 Å². The van der Waals surface area contributed by atoms with Gasteiger partial charge in [-0.2, -0.15) is 0 Å². The highest BCUT2D eigenvalue weighted by atomic mass is 16.4. The van der Waals surface area contributed by atoms with Crippen LogP contribution < -0.4 is 0 Å². The van der Waals surface area contributed by atoms with Gasteiger partial charge in [0, 0.05) is 50.7 Å². The highest BCUT2D eigenvalue weighted by Crippen LogP contribution is 2.26. The first-order valence-electron chi connectivity index (χ1n) is 17.3. The third kappa shape index (κ3) is 7.23. The number of carboxylic acids is 1. The number of carboxylic acid groups (broad SMARTS) is 1. The van der Waals surface area contributed by atoms with Gasteiger partial charge in [-0.15, -0.1) is 0 Å². The lowest BCUT2D eigenvalue weighted by molar-refractivity contribution is 0.0696. The lowest BCUT2D eigenvalue weighted by atomic mass is 9.99. The molecule has 0 amide bonds. The molecule has 0 spiro atoms. The van der Waals surface area contributed by atoms with Gasteiger partial charge in [-0.3, -0.25) is 14.6 Å². The molecule has 14 bridgehead atoms. The molecule has 9 heterocycles. The average Bonchev–Trinajstić information content (AvgIpc) is 3.14. The molecule has 9 rings (SSSR count). The standard InChI is InChI=1S/C41H36N8O3/c1-25(2)40(50)26-15-32-23-48-19-28-7-3-11-34(42-28)36-13-5-9-30(44-36)21-49(24-33-16-27(41(51)52)18-39(47-33)38(17-26)46-32)22-31-10-6-14-37(45-31)35-12-4-8-29(20-48)43-35/h3-18,25H,19-24H2,1-2H3,(H,51,52). The van der Waals surface area contributed by atoms with Gasteiger partial charge in [-0.1, -0.05) is 38.1 Å². The van der Waals surface area contributed by atoms with Gasteiger partial charge in [-0.05, 0) is 72.8 Å². The van der Waals surface area contributed by atoms with Gasteiger partial charge in [0.05, 0.1) is 73.9 Å². The molecule has 0 saturated heterocycles. The number of carbonyl (C=O) groups excluding carboxylic acids is 1. The zero-order valence-electron chi connectivity index (χ0n) is 28.9. The first-order valence-corrected chi connectivity index (χ1v) is 17.3. The van der Waals surface area contributed by atoms with Gasteiger partial charge < -0.3 is 5.11 Å². The zero-order valence-corrected chi connectivity index (χ0v) is 28.9. The van der Waals surface area contributed by atoms with E-state index in [9.17, 15) is 14.7 Å². The molecule has 258 valence electrons. The minimum atomic E-state index is -1.08. The molecule has 6 aromatic rings. The van der Waals surface area contributed by atoms with Crippen LogP contribution in [0.25, 0.3) is 34.2 Å². The van der Waals surface area contributed by atoms with Crippen LogP contribution in [0.4, 0.5) is 0 Å². The molecule has 0 atom stereocenters. The number of aromatic carboxylic acids is 1. The first-order chi connectivity index (χ1) is 25.2. The number of aromatic nitrogens is 6. The van der Waals surface area contributed by atoms with Crippen LogP contribution in [-0.4, -0.2) is 56.6 Å². The van der Waals surface area contributed by atoms with Crippen LogP contribution in [0.15, 0.2) is 97.1 Å². The van der Waals surface area contributed by atoms with Gasteiger partial charge in [0.15, 0.2) is 5.78 Å². The molecular weight excluding hydrogens is 653 g/mol. The number of hydrogen-bond donors (Lipinski definition) is 1. The van der Waals surface area contributed by atoms with Crippen molar-refractivity contribution in [3.05, 3.63) is 142 Å². The predicted octanol–water partition coefficient (Wildman–Crippen LogP) is 6.63. The van der Waals surface area contributed by atoms with Gasteiger partial charge in [0.25, 0.3) is 0 Å². The fraction of sp³-hybridized carbons (Fsp3) is 0.220. The van der Waals surface area contributed by atoms with Gasteiger partial charge in [0.2, 0.25) is 0 Å². The van der Waals surface area contributed by atoms with E-state index in [4.69, 9.17) is 29.9 Å². The van der Waals surface area contributed by atoms with Crippen molar-refractivity contribution in [1.29, 1.82) is 0 Å². The molecule has 11 heteroatoms. The summed E-state index contributed by atoms with van der Waals surface area (Å²) in [6.07, 6.45) is 0. The Bertz CT molecular complexity index is 2250. The van der Waals surface area contributed by atoms with E-state index in [1.807, 2.05) is 92.7 Å². The van der Waals surface area contributed by atoms with E-state index in [-0.39, 0.29) is 17.3 Å². The summed E-state index contributed by atoms with van der Waals surface area (Å²) in [6.45, 7) is 6.14. The van der Waals surface area contributed by atoms with E-state index in [1.165, 1.54) is 6.07 Å². The maximum absolute atomic E-state index is 13.5. The smallest absolute Gasteiger partial charge is 0.335 e. The summed E-state index contributed by atoms with van der Waals surface area (Å²) in [6, 6.07) is 30.5. The van der Waals surface area contributed by atoms with Crippen LogP contribution in [0, 0.1) is 5.92 Å². The highest BCUT2D eigenvalue weighted by molar-refractivity contribution is 5.98. The van der Waals surface area contributed by atoms with Crippen molar-refractivity contribution in [2.24, 2.45) is 5.92 Å². The molecular formula is C41H36N8O3. The van der Waals surface area contributed by atoms with Gasteiger partial charge in [-0.25, -0.2) is 34.7 Å². The molecule has 6 aromatic heterocycles. The summed E-state index contributed by atoms with van der Waals surface area (Å²) in [4.78, 5) is 60.6. The summed E-state index contributed by atoms with van der Waals surface area (Å²) in [5.74, 6) is -1.37. The minimum absolute atomic E-state index is 0.0347. The quantitative estimate of drug-likeness (QED) is 0.201. The second kappa shape index (κ2) is 13.9. The largest absolute Gasteiger partial charge is 0.478 e. The number of rotatable bonds is 3. The zero-order chi connectivity index (χ0) is 35.8. The Kier molecular flexibility index (Phi) is 8.88. The SMILES string of the molecule is CC(C)C(=O)c1cc2nc(c1)-c1cc(C(=O)O)cc(n1)CN1Cc3cccc(n3)-c3cccc(n3)CN(Cc3cccc(n3)-c3cccc(n3)C1)C2. The van der Waals surface area contributed by atoms with E-state index in [1.54, 1.807) is 12.1 Å². The van der Waals surface area contributed by atoms with E-state index in [2.05, 4.69) is 9.80 Å². The number of pyridine rings is 6. The third-order valence-electron chi connectivity index (χ3n) is 9.14. The molecule has 1 N–H and O–H groups in total. The second-order valence-electron chi connectivity index (χ2n) is 13.6. The predicted molar refractivity (Wildman–Crippen MR) is 194 cm³/mol. The van der Waals surface area contributed by atoms with Crippen LogP contribution in [0.3, 0.4) is 0 Å². The summed E-state index contributed by atoms with van der Waals surface area (Å²) in [7, 11) is 0. The van der Waals surface area contributed by atoms with E-state index < -0.39 is 5.97 Å². The van der Waals surface area contributed by atoms with Crippen LogP contribution in [0.2, 0.25) is 0 Å². The van der Waals surface area contributed by atoms with Crippen molar-refractivity contribution in [1.82, 2.24) is 39.7 Å². The molecule has 0 saturated carbocycles. The molecule has 0 aliphatic carbocycles. The van der Waals surface area contributed by atoms with Crippen LogP contribution in [0.5, 0.6) is 0 Å². The average molecular weight is 689 g/mol. The normalized spacial score (nSPS) is 16.6. The maximum atomic E-state index is 13.5. The lowest BCUT2D eigenvalue weighted by Gasteiger charge is -2.24. The molecule has 11 nitrogen and oxygen atoms in total. The molecule has 0 fully saturated rings. The number of carbonyl (C=O) groups is 2. The fourth-order valence-corrected chi connectivity index (χ4v) is 6.75. The van der Waals surface area contributed by atoms with E-state index in [0.29, 0.717) is 67.6 Å².